The smallest absolute Gasteiger partial charge is 0.247 e. The lowest BCUT2D eigenvalue weighted by Gasteiger charge is -2.09. The van der Waals surface area contributed by atoms with Crippen molar-refractivity contribution >= 4 is 21.6 Å². The summed E-state index contributed by atoms with van der Waals surface area (Å²) in [5.41, 5.74) is 1.22. The van der Waals surface area contributed by atoms with Gasteiger partial charge < -0.3 is 9.73 Å². The van der Waals surface area contributed by atoms with Crippen LogP contribution < -0.4 is 10.0 Å². The molecule has 0 spiro atoms. The van der Waals surface area contributed by atoms with Gasteiger partial charge in [-0.25, -0.2) is 13.1 Å². The fourth-order valence-corrected chi connectivity index (χ4v) is 3.82. The summed E-state index contributed by atoms with van der Waals surface area (Å²) in [4.78, 5) is 12.4. The largest absolute Gasteiger partial charge is 0.421 e. The highest BCUT2D eigenvalue weighted by Gasteiger charge is 2.15. The lowest BCUT2D eigenvalue weighted by Crippen LogP contribution is -2.24. The van der Waals surface area contributed by atoms with E-state index in [2.05, 4.69) is 20.2 Å². The van der Waals surface area contributed by atoms with E-state index in [1.807, 2.05) is 37.3 Å². The number of nitrogens with one attached hydrogen (secondary N) is 2. The number of nitrogens with zero attached hydrogens (tertiary/aromatic N) is 2. The lowest BCUT2D eigenvalue weighted by atomic mass is 10.2. The van der Waals surface area contributed by atoms with Crippen LogP contribution in [-0.2, 0) is 21.2 Å². The Kier molecular flexibility index (Phi) is 7.31. The van der Waals surface area contributed by atoms with Crippen molar-refractivity contribution in [3.8, 4) is 11.5 Å². The van der Waals surface area contributed by atoms with E-state index in [0.29, 0.717) is 24.0 Å². The lowest BCUT2D eigenvalue weighted by molar-refractivity contribution is -0.116. The first-order valence-corrected chi connectivity index (χ1v) is 11.2. The van der Waals surface area contributed by atoms with Crippen LogP contribution >= 0.6 is 0 Å². The van der Waals surface area contributed by atoms with Gasteiger partial charge in [-0.05, 0) is 36.8 Å². The zero-order valence-corrected chi connectivity index (χ0v) is 17.5. The average Bonchev–Trinajstić information content (AvgIpc) is 3.22. The molecule has 0 fully saturated rings. The molecule has 8 nitrogen and oxygen atoms in total. The van der Waals surface area contributed by atoms with Crippen molar-refractivity contribution < 1.29 is 17.6 Å². The van der Waals surface area contributed by atoms with E-state index in [1.165, 1.54) is 12.1 Å². The third-order valence-corrected chi connectivity index (χ3v) is 5.76. The van der Waals surface area contributed by atoms with Gasteiger partial charge in [0.25, 0.3) is 0 Å². The maximum atomic E-state index is 12.3. The molecule has 0 aliphatic rings. The van der Waals surface area contributed by atoms with Crippen molar-refractivity contribution in [3.05, 3.63) is 60.5 Å². The van der Waals surface area contributed by atoms with E-state index in [-0.39, 0.29) is 23.6 Å². The Hall–Kier alpha value is -3.04. The highest BCUT2D eigenvalue weighted by Crippen LogP contribution is 2.18. The molecule has 30 heavy (non-hydrogen) atoms. The van der Waals surface area contributed by atoms with E-state index in [4.69, 9.17) is 4.42 Å². The zero-order valence-electron chi connectivity index (χ0n) is 16.7. The number of amides is 1. The molecule has 0 bridgehead atoms. The molecule has 1 heterocycles. The third-order valence-electron chi connectivity index (χ3n) is 4.30. The molecule has 0 radical (unpaired) electrons. The Labute approximate surface area is 175 Å². The van der Waals surface area contributed by atoms with E-state index < -0.39 is 10.0 Å². The number of unbranched alkanes of at least 4 members (excludes halogenated alkanes) is 1. The molecule has 2 N–H and O–H groups in total. The summed E-state index contributed by atoms with van der Waals surface area (Å²) in [6.45, 7) is 2.37. The summed E-state index contributed by atoms with van der Waals surface area (Å²) in [6.07, 6.45) is 2.06. The number of hydrogen-bond donors (Lipinski definition) is 2. The summed E-state index contributed by atoms with van der Waals surface area (Å²) in [7, 11) is -3.60. The standard InChI is InChI=1S/C21H24N4O4S/c1-2-3-14-22-30(27,28)18-11-7-10-17(15-18)23-19(26)12-13-20-24-25-21(29-20)16-8-5-4-6-9-16/h4-11,15,22H,2-3,12-14H2,1H3,(H,23,26). The van der Waals surface area contributed by atoms with Crippen LogP contribution in [0.4, 0.5) is 5.69 Å². The molecule has 0 aliphatic carbocycles. The summed E-state index contributed by atoms with van der Waals surface area (Å²) >= 11 is 0. The number of rotatable bonds is 10. The first-order valence-electron chi connectivity index (χ1n) is 9.75. The molecule has 9 heteroatoms. The molecule has 3 rings (SSSR count). The Balaban J connectivity index is 1.56. The maximum Gasteiger partial charge on any atom is 0.247 e. The fraction of sp³-hybridized carbons (Fsp3) is 0.286. The minimum atomic E-state index is -3.60. The maximum absolute atomic E-state index is 12.3. The minimum absolute atomic E-state index is 0.112. The second-order valence-electron chi connectivity index (χ2n) is 6.69. The monoisotopic (exact) mass is 428 g/mol. The van der Waals surface area contributed by atoms with Crippen LogP contribution in [-0.4, -0.2) is 31.1 Å². The number of anilines is 1. The van der Waals surface area contributed by atoms with Gasteiger partial charge in [-0.3, -0.25) is 4.79 Å². The van der Waals surface area contributed by atoms with Crippen LogP contribution in [0.5, 0.6) is 0 Å². The van der Waals surface area contributed by atoms with E-state index >= 15 is 0 Å². The Bertz CT molecular complexity index is 1080. The quantitative estimate of drug-likeness (QED) is 0.479. The summed E-state index contributed by atoms with van der Waals surface area (Å²) in [5, 5.41) is 10.7. The van der Waals surface area contributed by atoms with Crippen LogP contribution in [0.3, 0.4) is 0 Å². The number of carbonyl (C=O) groups is 1. The zero-order chi connectivity index (χ0) is 21.4. The van der Waals surface area contributed by atoms with Crippen LogP contribution in [0.1, 0.15) is 32.1 Å². The number of carbonyl (C=O) groups excluding carboxylic acids is 1. The molecule has 0 atom stereocenters. The highest BCUT2D eigenvalue weighted by molar-refractivity contribution is 7.89. The van der Waals surface area contributed by atoms with Gasteiger partial charge >= 0.3 is 0 Å². The number of aromatic nitrogens is 2. The molecule has 0 aliphatic heterocycles. The highest BCUT2D eigenvalue weighted by atomic mass is 32.2. The number of aryl methyl sites for hydroxylation is 1. The van der Waals surface area contributed by atoms with Crippen molar-refractivity contribution in [2.24, 2.45) is 0 Å². The molecule has 158 valence electrons. The van der Waals surface area contributed by atoms with Crippen molar-refractivity contribution in [3.63, 3.8) is 0 Å². The van der Waals surface area contributed by atoms with Gasteiger partial charge in [0.1, 0.15) is 0 Å². The van der Waals surface area contributed by atoms with Crippen LogP contribution in [0.25, 0.3) is 11.5 Å². The normalized spacial score (nSPS) is 11.4. The second-order valence-corrected chi connectivity index (χ2v) is 8.46. The molecule has 0 saturated heterocycles. The Morgan fingerprint density at radius 2 is 1.87 bits per heavy atom. The molecule has 0 saturated carbocycles. The van der Waals surface area contributed by atoms with Crippen LogP contribution in [0.15, 0.2) is 63.9 Å². The molecule has 1 amide bonds. The van der Waals surface area contributed by atoms with Crippen molar-refractivity contribution in [2.45, 2.75) is 37.5 Å². The molecule has 3 aromatic rings. The summed E-state index contributed by atoms with van der Waals surface area (Å²) in [6, 6.07) is 15.5. The van der Waals surface area contributed by atoms with Gasteiger partial charge in [0.15, 0.2) is 0 Å². The van der Waals surface area contributed by atoms with Gasteiger partial charge in [0.2, 0.25) is 27.7 Å². The fourth-order valence-electron chi connectivity index (χ4n) is 2.70. The van der Waals surface area contributed by atoms with E-state index in [0.717, 1.165) is 18.4 Å². The van der Waals surface area contributed by atoms with Gasteiger partial charge in [0.05, 0.1) is 4.90 Å². The predicted octanol–water partition coefficient (Wildman–Crippen LogP) is 3.39. The summed E-state index contributed by atoms with van der Waals surface area (Å²) in [5.74, 6) is 0.489. The summed E-state index contributed by atoms with van der Waals surface area (Å²) < 4.78 is 32.8. The molecule has 1 aromatic heterocycles. The number of sulfonamides is 1. The molecule has 0 unspecified atom stereocenters. The van der Waals surface area contributed by atoms with E-state index in [1.54, 1.807) is 12.1 Å². The first-order chi connectivity index (χ1) is 14.5. The Morgan fingerprint density at radius 3 is 2.63 bits per heavy atom. The van der Waals surface area contributed by atoms with Crippen molar-refractivity contribution in [1.29, 1.82) is 0 Å². The van der Waals surface area contributed by atoms with Crippen LogP contribution in [0, 0.1) is 0 Å². The molecule has 2 aromatic carbocycles. The first kappa shape index (κ1) is 21.7. The van der Waals surface area contributed by atoms with Crippen molar-refractivity contribution in [1.82, 2.24) is 14.9 Å². The van der Waals surface area contributed by atoms with E-state index in [9.17, 15) is 13.2 Å². The molecular weight excluding hydrogens is 404 g/mol. The second kappa shape index (κ2) is 10.1. The van der Waals surface area contributed by atoms with Crippen molar-refractivity contribution in [2.75, 3.05) is 11.9 Å². The third kappa shape index (κ3) is 5.98. The van der Waals surface area contributed by atoms with Gasteiger partial charge in [-0.2, -0.15) is 0 Å². The molecular formula is C21H24N4O4S. The SMILES string of the molecule is CCCCNS(=O)(=O)c1cccc(NC(=O)CCc2nnc(-c3ccccc3)o2)c1. The predicted molar refractivity (Wildman–Crippen MR) is 113 cm³/mol. The average molecular weight is 429 g/mol. The topological polar surface area (TPSA) is 114 Å². The number of benzene rings is 2. The van der Waals surface area contributed by atoms with Gasteiger partial charge in [0, 0.05) is 30.6 Å². The van der Waals surface area contributed by atoms with Gasteiger partial charge in [-0.1, -0.05) is 37.6 Å². The van der Waals surface area contributed by atoms with Gasteiger partial charge in [-0.15, -0.1) is 10.2 Å². The Morgan fingerprint density at radius 1 is 1.07 bits per heavy atom. The van der Waals surface area contributed by atoms with Crippen LogP contribution in [0.2, 0.25) is 0 Å². The number of hydrogen-bond acceptors (Lipinski definition) is 6. The minimum Gasteiger partial charge on any atom is -0.421 e.